The zero-order chi connectivity index (χ0) is 7.40. The molecule has 4 heteroatoms. The fourth-order valence-corrected chi connectivity index (χ4v) is 0.624. The molecule has 0 saturated heterocycles. The summed E-state index contributed by atoms with van der Waals surface area (Å²) in [5.41, 5.74) is 0.493. The van der Waals surface area contributed by atoms with Crippen LogP contribution >= 0.6 is 0 Å². The van der Waals surface area contributed by atoms with Crippen molar-refractivity contribution in [2.75, 3.05) is 0 Å². The largest absolute Gasteiger partial charge is 0.264 e. The van der Waals surface area contributed by atoms with Crippen molar-refractivity contribution >= 4 is 0 Å². The normalized spacial score (nSPS) is 9.20. The lowest BCUT2D eigenvalue weighted by Gasteiger charge is -1.90. The Kier molecular flexibility index (Phi) is 1.94. The van der Waals surface area contributed by atoms with Crippen LogP contribution in [-0.4, -0.2) is 9.91 Å². The Morgan fingerprint density at radius 2 is 2.40 bits per heavy atom. The third-order valence-electron chi connectivity index (χ3n) is 1.02. The van der Waals surface area contributed by atoms with Crippen molar-refractivity contribution in [3.05, 3.63) is 40.2 Å². The number of rotatable bonds is 2. The Labute approximate surface area is 57.7 Å². The average molecular weight is 138 g/mol. The van der Waals surface area contributed by atoms with Gasteiger partial charge in [0.15, 0.2) is 0 Å². The Hall–Kier alpha value is -1.45. The van der Waals surface area contributed by atoms with Crippen LogP contribution in [-0.2, 0) is 6.54 Å². The predicted molar refractivity (Wildman–Crippen MR) is 34.9 cm³/mol. The topological polar surface area (TPSA) is 56.0 Å². The van der Waals surface area contributed by atoms with Crippen molar-refractivity contribution in [1.82, 2.24) is 4.98 Å². The molecule has 4 nitrogen and oxygen atoms in total. The van der Waals surface area contributed by atoms with E-state index in [1.165, 1.54) is 0 Å². The van der Waals surface area contributed by atoms with E-state index >= 15 is 0 Å². The van der Waals surface area contributed by atoms with Crippen molar-refractivity contribution in [3.63, 3.8) is 0 Å². The number of pyridine rings is 1. The first kappa shape index (κ1) is 6.67. The van der Waals surface area contributed by atoms with Crippen LogP contribution in [0.25, 0.3) is 0 Å². The van der Waals surface area contributed by atoms with Crippen molar-refractivity contribution < 1.29 is 4.92 Å². The molecule has 0 N–H and O–H groups in total. The molecule has 0 aromatic carbocycles. The number of hydrogen-bond acceptors (Lipinski definition) is 3. The molecule has 0 spiro atoms. The minimum absolute atomic E-state index is 0.194. The number of nitro groups is 1. The van der Waals surface area contributed by atoms with Crippen LogP contribution in [0.4, 0.5) is 0 Å². The molecular weight excluding hydrogens is 132 g/mol. The van der Waals surface area contributed by atoms with Gasteiger partial charge in [0, 0.05) is 11.1 Å². The Bertz CT molecular complexity index is 222. The maximum absolute atomic E-state index is 9.93. The summed E-state index contributed by atoms with van der Waals surface area (Å²) in [7, 11) is 0. The molecule has 0 saturated carbocycles. The number of hydrogen-bond donors (Lipinski definition) is 0. The van der Waals surface area contributed by atoms with E-state index in [9.17, 15) is 10.1 Å². The summed E-state index contributed by atoms with van der Waals surface area (Å²) in [5, 5.41) is 9.93. The molecule has 1 aromatic rings. The van der Waals surface area contributed by atoms with Crippen molar-refractivity contribution in [3.8, 4) is 0 Å². The third-order valence-corrected chi connectivity index (χ3v) is 1.02. The molecule has 1 aromatic heterocycles. The van der Waals surface area contributed by atoms with Crippen LogP contribution < -0.4 is 0 Å². The molecule has 0 aliphatic rings. The quantitative estimate of drug-likeness (QED) is 0.449. The molecule has 0 bridgehead atoms. The van der Waals surface area contributed by atoms with Crippen molar-refractivity contribution in [2.45, 2.75) is 6.54 Å². The maximum Gasteiger partial charge on any atom is 0.245 e. The van der Waals surface area contributed by atoms with Gasteiger partial charge >= 0.3 is 0 Å². The van der Waals surface area contributed by atoms with Crippen LogP contribution in [0.15, 0.2) is 24.4 Å². The predicted octanol–water partition coefficient (Wildman–Crippen LogP) is 0.858. The minimum Gasteiger partial charge on any atom is -0.264 e. The van der Waals surface area contributed by atoms with E-state index in [4.69, 9.17) is 0 Å². The summed E-state index contributed by atoms with van der Waals surface area (Å²) >= 11 is 0. The molecule has 0 aliphatic heterocycles. The van der Waals surface area contributed by atoms with E-state index in [0.717, 1.165) is 0 Å². The molecule has 0 aliphatic carbocycles. The summed E-state index contributed by atoms with van der Waals surface area (Å²) < 4.78 is 0. The Morgan fingerprint density at radius 3 is 2.90 bits per heavy atom. The van der Waals surface area contributed by atoms with Crippen LogP contribution in [0, 0.1) is 10.1 Å². The summed E-state index contributed by atoms with van der Waals surface area (Å²) in [6.45, 7) is -0.194. The standard InChI is InChI=1S/C6H6N2O2/c9-8(10)5-6-3-1-2-4-7-6/h1-4H,5H2. The van der Waals surface area contributed by atoms with E-state index in [-0.39, 0.29) is 6.54 Å². The smallest absolute Gasteiger partial charge is 0.245 e. The lowest BCUT2D eigenvalue weighted by molar-refractivity contribution is -0.497. The minimum atomic E-state index is -0.400. The van der Waals surface area contributed by atoms with Gasteiger partial charge in [0.2, 0.25) is 6.54 Å². The SMILES string of the molecule is O=[N+]([O-])Cc1ccccn1. The zero-order valence-corrected chi connectivity index (χ0v) is 5.23. The summed E-state index contributed by atoms with van der Waals surface area (Å²) in [6, 6.07) is 5.08. The molecule has 10 heavy (non-hydrogen) atoms. The van der Waals surface area contributed by atoms with Gasteiger partial charge in [-0.2, -0.15) is 0 Å². The fourth-order valence-electron chi connectivity index (χ4n) is 0.624. The lowest BCUT2D eigenvalue weighted by Crippen LogP contribution is -1.99. The van der Waals surface area contributed by atoms with E-state index in [0.29, 0.717) is 5.69 Å². The summed E-state index contributed by atoms with van der Waals surface area (Å²) in [4.78, 5) is 13.3. The first-order valence-corrected chi connectivity index (χ1v) is 2.81. The van der Waals surface area contributed by atoms with Gasteiger partial charge in [0.05, 0.1) is 0 Å². The molecule has 0 atom stereocenters. The maximum atomic E-state index is 9.93. The van der Waals surface area contributed by atoms with E-state index in [2.05, 4.69) is 4.98 Å². The molecular formula is C6H6N2O2. The van der Waals surface area contributed by atoms with E-state index in [1.807, 2.05) is 0 Å². The molecule has 0 radical (unpaired) electrons. The van der Waals surface area contributed by atoms with E-state index in [1.54, 1.807) is 24.4 Å². The summed E-state index contributed by atoms with van der Waals surface area (Å²) in [6.07, 6.45) is 1.54. The van der Waals surface area contributed by atoms with Gasteiger partial charge in [-0.25, -0.2) is 0 Å². The molecule has 1 rings (SSSR count). The highest BCUT2D eigenvalue weighted by Crippen LogP contribution is 1.93. The number of nitrogens with zero attached hydrogens (tertiary/aromatic N) is 2. The first-order chi connectivity index (χ1) is 4.79. The van der Waals surface area contributed by atoms with Gasteiger partial charge in [-0.3, -0.25) is 15.1 Å². The third kappa shape index (κ3) is 1.81. The molecule has 52 valence electrons. The second-order valence-corrected chi connectivity index (χ2v) is 1.81. The molecule has 1 heterocycles. The van der Waals surface area contributed by atoms with Crippen LogP contribution in [0.5, 0.6) is 0 Å². The highest BCUT2D eigenvalue weighted by Gasteiger charge is 1.98. The van der Waals surface area contributed by atoms with Crippen molar-refractivity contribution in [2.24, 2.45) is 0 Å². The van der Waals surface area contributed by atoms with Crippen LogP contribution in [0.1, 0.15) is 5.69 Å². The lowest BCUT2D eigenvalue weighted by atomic mass is 10.4. The highest BCUT2D eigenvalue weighted by molar-refractivity contribution is 5.01. The molecule has 0 amide bonds. The van der Waals surface area contributed by atoms with E-state index < -0.39 is 4.92 Å². The average Bonchev–Trinajstić information content (AvgIpc) is 1.88. The number of aromatic nitrogens is 1. The molecule has 0 fully saturated rings. The second-order valence-electron chi connectivity index (χ2n) is 1.81. The van der Waals surface area contributed by atoms with Crippen LogP contribution in [0.3, 0.4) is 0 Å². The van der Waals surface area contributed by atoms with Gasteiger partial charge in [-0.1, -0.05) is 6.07 Å². The van der Waals surface area contributed by atoms with Crippen molar-refractivity contribution in [1.29, 1.82) is 0 Å². The van der Waals surface area contributed by atoms with Gasteiger partial charge in [-0.05, 0) is 12.1 Å². The van der Waals surface area contributed by atoms with Crippen LogP contribution in [0.2, 0.25) is 0 Å². The monoisotopic (exact) mass is 138 g/mol. The van der Waals surface area contributed by atoms with Gasteiger partial charge in [-0.15, -0.1) is 0 Å². The first-order valence-electron chi connectivity index (χ1n) is 2.81. The zero-order valence-electron chi connectivity index (χ0n) is 5.23. The highest BCUT2D eigenvalue weighted by atomic mass is 16.6. The van der Waals surface area contributed by atoms with Gasteiger partial charge in [0.25, 0.3) is 0 Å². The summed E-state index contributed by atoms with van der Waals surface area (Å²) in [5.74, 6) is 0. The Balaban J connectivity index is 2.67. The fraction of sp³-hybridized carbons (Fsp3) is 0.167. The van der Waals surface area contributed by atoms with Gasteiger partial charge < -0.3 is 0 Å². The van der Waals surface area contributed by atoms with Gasteiger partial charge in [0.1, 0.15) is 5.69 Å². The second kappa shape index (κ2) is 2.91. The Morgan fingerprint density at radius 1 is 1.60 bits per heavy atom. The molecule has 0 unspecified atom stereocenters.